The summed E-state index contributed by atoms with van der Waals surface area (Å²) in [6, 6.07) is 10.7. The van der Waals surface area contributed by atoms with Gasteiger partial charge in [0.15, 0.2) is 11.5 Å². The number of carbonyl (C=O) groups is 2. The molecule has 6 nitrogen and oxygen atoms in total. The molecule has 1 unspecified atom stereocenters. The predicted octanol–water partition coefficient (Wildman–Crippen LogP) is 3.37. The van der Waals surface area contributed by atoms with Crippen molar-refractivity contribution in [3.63, 3.8) is 0 Å². The van der Waals surface area contributed by atoms with Crippen LogP contribution in [-0.2, 0) is 9.59 Å². The second-order valence-corrected chi connectivity index (χ2v) is 6.80. The molecule has 1 atom stereocenters. The zero-order valence-electron chi connectivity index (χ0n) is 14.1. The topological polar surface area (TPSA) is 67.9 Å². The molecule has 2 heterocycles. The SMILES string of the molecule is Cc1ccc(NC(=O)C2CC(=O)N(c3ccc4c(c3)OCO4)C2)cc1Cl. The molecule has 2 aliphatic heterocycles. The maximum absolute atomic E-state index is 12.5. The van der Waals surface area contributed by atoms with Gasteiger partial charge < -0.3 is 19.7 Å². The maximum Gasteiger partial charge on any atom is 0.231 e. The maximum atomic E-state index is 12.5. The lowest BCUT2D eigenvalue weighted by Crippen LogP contribution is -2.28. The Balaban J connectivity index is 1.47. The van der Waals surface area contributed by atoms with Gasteiger partial charge in [0.05, 0.1) is 5.92 Å². The second-order valence-electron chi connectivity index (χ2n) is 6.40. The van der Waals surface area contributed by atoms with Crippen molar-refractivity contribution in [1.29, 1.82) is 0 Å². The molecule has 1 saturated heterocycles. The molecule has 1 fully saturated rings. The number of hydrogen-bond donors (Lipinski definition) is 1. The summed E-state index contributed by atoms with van der Waals surface area (Å²) in [6.45, 7) is 2.40. The molecule has 2 amide bonds. The van der Waals surface area contributed by atoms with Crippen molar-refractivity contribution in [2.45, 2.75) is 13.3 Å². The molecule has 0 bridgehead atoms. The number of nitrogens with zero attached hydrogens (tertiary/aromatic N) is 1. The Morgan fingerprint density at radius 1 is 1.19 bits per heavy atom. The number of fused-ring (bicyclic) bond motifs is 1. The van der Waals surface area contributed by atoms with Crippen molar-refractivity contribution in [1.82, 2.24) is 0 Å². The van der Waals surface area contributed by atoms with Crippen molar-refractivity contribution in [3.8, 4) is 11.5 Å². The first-order chi connectivity index (χ1) is 12.5. The highest BCUT2D eigenvalue weighted by atomic mass is 35.5. The van der Waals surface area contributed by atoms with E-state index in [1.165, 1.54) is 0 Å². The van der Waals surface area contributed by atoms with Crippen molar-refractivity contribution < 1.29 is 19.1 Å². The number of rotatable bonds is 3. The molecule has 26 heavy (non-hydrogen) atoms. The van der Waals surface area contributed by atoms with E-state index in [1.54, 1.807) is 35.2 Å². The van der Waals surface area contributed by atoms with E-state index in [-0.39, 0.29) is 25.0 Å². The number of halogens is 1. The lowest BCUT2D eigenvalue weighted by molar-refractivity contribution is -0.122. The second kappa shape index (κ2) is 6.53. The number of anilines is 2. The Morgan fingerprint density at radius 2 is 2.00 bits per heavy atom. The first kappa shape index (κ1) is 16.7. The molecule has 0 spiro atoms. The van der Waals surface area contributed by atoms with Crippen LogP contribution >= 0.6 is 11.6 Å². The molecule has 1 N–H and O–H groups in total. The zero-order valence-corrected chi connectivity index (χ0v) is 14.9. The van der Waals surface area contributed by atoms with Gasteiger partial charge in [0.2, 0.25) is 18.6 Å². The van der Waals surface area contributed by atoms with E-state index in [4.69, 9.17) is 21.1 Å². The molecule has 7 heteroatoms. The largest absolute Gasteiger partial charge is 0.454 e. The fraction of sp³-hybridized carbons (Fsp3) is 0.263. The molecule has 0 radical (unpaired) electrons. The summed E-state index contributed by atoms with van der Waals surface area (Å²) in [7, 11) is 0. The normalized spacial score (nSPS) is 18.3. The highest BCUT2D eigenvalue weighted by Crippen LogP contribution is 2.37. The van der Waals surface area contributed by atoms with Crippen molar-refractivity contribution in [2.75, 3.05) is 23.6 Å². The van der Waals surface area contributed by atoms with Crippen molar-refractivity contribution in [3.05, 3.63) is 47.0 Å². The quantitative estimate of drug-likeness (QED) is 0.897. The fourth-order valence-electron chi connectivity index (χ4n) is 3.10. The Labute approximate surface area is 155 Å². The highest BCUT2D eigenvalue weighted by Gasteiger charge is 2.35. The fourth-order valence-corrected chi connectivity index (χ4v) is 3.28. The average Bonchev–Trinajstić information content (AvgIpc) is 3.23. The number of aryl methyl sites for hydroxylation is 1. The van der Waals surface area contributed by atoms with E-state index in [0.29, 0.717) is 34.4 Å². The van der Waals surface area contributed by atoms with Gasteiger partial charge in [-0.3, -0.25) is 9.59 Å². The first-order valence-electron chi connectivity index (χ1n) is 8.28. The monoisotopic (exact) mass is 372 g/mol. The predicted molar refractivity (Wildman–Crippen MR) is 97.8 cm³/mol. The smallest absolute Gasteiger partial charge is 0.231 e. The molecule has 2 aromatic carbocycles. The minimum absolute atomic E-state index is 0.0917. The van der Waals surface area contributed by atoms with Crippen molar-refractivity contribution in [2.24, 2.45) is 5.92 Å². The lowest BCUT2D eigenvalue weighted by atomic mass is 10.1. The molecule has 0 aromatic heterocycles. The van der Waals surface area contributed by atoms with E-state index in [0.717, 1.165) is 5.56 Å². The van der Waals surface area contributed by atoms with Gasteiger partial charge in [-0.15, -0.1) is 0 Å². The minimum atomic E-state index is -0.423. The van der Waals surface area contributed by atoms with Gasteiger partial charge in [0.25, 0.3) is 0 Å². The minimum Gasteiger partial charge on any atom is -0.454 e. The lowest BCUT2D eigenvalue weighted by Gasteiger charge is -2.17. The van der Waals surface area contributed by atoms with E-state index in [9.17, 15) is 9.59 Å². The standard InChI is InChI=1S/C19H17ClN2O4/c1-11-2-3-13(7-15(11)20)21-19(24)12-6-18(23)22(9-12)14-4-5-16-17(8-14)26-10-25-16/h2-5,7-8,12H,6,9-10H2,1H3,(H,21,24). The molecule has 2 aliphatic rings. The van der Waals surface area contributed by atoms with E-state index in [2.05, 4.69) is 5.32 Å². The van der Waals surface area contributed by atoms with E-state index >= 15 is 0 Å². The number of ether oxygens (including phenoxy) is 2. The van der Waals surface area contributed by atoms with Crippen LogP contribution in [0.4, 0.5) is 11.4 Å². The summed E-state index contributed by atoms with van der Waals surface area (Å²) in [5.41, 5.74) is 2.27. The highest BCUT2D eigenvalue weighted by molar-refractivity contribution is 6.31. The number of hydrogen-bond acceptors (Lipinski definition) is 4. The number of nitrogens with one attached hydrogen (secondary N) is 1. The van der Waals surface area contributed by atoms with Crippen LogP contribution in [0.2, 0.25) is 5.02 Å². The zero-order chi connectivity index (χ0) is 18.3. The van der Waals surface area contributed by atoms with Gasteiger partial charge >= 0.3 is 0 Å². The third-order valence-electron chi connectivity index (χ3n) is 4.60. The van der Waals surface area contributed by atoms with Crippen LogP contribution in [0.15, 0.2) is 36.4 Å². The molecule has 0 aliphatic carbocycles. The molecule has 134 valence electrons. The van der Waals surface area contributed by atoms with Crippen LogP contribution < -0.4 is 19.7 Å². The Kier molecular flexibility index (Phi) is 4.20. The van der Waals surface area contributed by atoms with Crippen LogP contribution in [-0.4, -0.2) is 25.2 Å². The van der Waals surface area contributed by atoms with Gasteiger partial charge in [-0.05, 0) is 36.8 Å². The Hall–Kier alpha value is -2.73. The summed E-state index contributed by atoms with van der Waals surface area (Å²) >= 11 is 6.09. The van der Waals surface area contributed by atoms with Crippen LogP contribution in [0.5, 0.6) is 11.5 Å². The molecular weight excluding hydrogens is 356 g/mol. The summed E-state index contributed by atoms with van der Waals surface area (Å²) in [6.07, 6.45) is 0.167. The third kappa shape index (κ3) is 3.08. The van der Waals surface area contributed by atoms with Gasteiger partial charge in [0, 0.05) is 35.4 Å². The molecule has 4 rings (SSSR count). The van der Waals surface area contributed by atoms with Crippen molar-refractivity contribution >= 4 is 34.8 Å². The van der Waals surface area contributed by atoms with Gasteiger partial charge in [-0.25, -0.2) is 0 Å². The van der Waals surface area contributed by atoms with Crippen LogP contribution in [0.1, 0.15) is 12.0 Å². The van der Waals surface area contributed by atoms with Crippen LogP contribution in [0.25, 0.3) is 0 Å². The first-order valence-corrected chi connectivity index (χ1v) is 8.66. The molecule has 2 aromatic rings. The van der Waals surface area contributed by atoms with Gasteiger partial charge in [0.1, 0.15) is 0 Å². The molecule has 0 saturated carbocycles. The van der Waals surface area contributed by atoms with Gasteiger partial charge in [-0.1, -0.05) is 17.7 Å². The Bertz CT molecular complexity index is 899. The third-order valence-corrected chi connectivity index (χ3v) is 5.01. The van der Waals surface area contributed by atoms with E-state index < -0.39 is 5.92 Å². The number of carbonyl (C=O) groups excluding carboxylic acids is 2. The van der Waals surface area contributed by atoms with Crippen LogP contribution in [0.3, 0.4) is 0 Å². The summed E-state index contributed by atoms with van der Waals surface area (Å²) < 4.78 is 10.6. The summed E-state index contributed by atoms with van der Waals surface area (Å²) in [5, 5.41) is 3.43. The number of amides is 2. The number of benzene rings is 2. The van der Waals surface area contributed by atoms with Crippen LogP contribution in [0, 0.1) is 12.8 Å². The summed E-state index contributed by atoms with van der Waals surface area (Å²) in [4.78, 5) is 26.5. The Morgan fingerprint density at radius 3 is 2.81 bits per heavy atom. The molecular formula is C19H17ClN2O4. The van der Waals surface area contributed by atoms with E-state index in [1.807, 2.05) is 13.0 Å². The summed E-state index contributed by atoms with van der Waals surface area (Å²) in [5.74, 6) is 0.559. The van der Waals surface area contributed by atoms with Gasteiger partial charge in [-0.2, -0.15) is 0 Å². The average molecular weight is 373 g/mol.